The number of aryl methyl sites for hydroxylation is 1. The fraction of sp³-hybridized carbons (Fsp3) is 0.150. The molecular weight excluding hydrogens is 330 g/mol. The number of ether oxygens (including phenoxy) is 1. The molecule has 3 aromatic rings. The number of hydrogen-bond acceptors (Lipinski definition) is 4. The van der Waals surface area contributed by atoms with Crippen molar-refractivity contribution in [2.24, 2.45) is 0 Å². The van der Waals surface area contributed by atoms with E-state index in [1.165, 1.54) is 6.20 Å². The van der Waals surface area contributed by atoms with Crippen molar-refractivity contribution in [3.63, 3.8) is 0 Å². The first kappa shape index (κ1) is 17.4. The number of aromatic nitrogens is 2. The standard InChI is InChI=1S/C20H19N3O3/c1-14-9-18(22-19(24)16-6-4-8-21-11-16)20(25)23(12-14)13-15-5-3-7-17(10-15)26-2/h3-12H,13H2,1-2H3,(H,22,24). The van der Waals surface area contributed by atoms with Crippen molar-refractivity contribution in [1.82, 2.24) is 9.55 Å². The first-order valence-electron chi connectivity index (χ1n) is 8.12. The van der Waals surface area contributed by atoms with Crippen LogP contribution >= 0.6 is 0 Å². The van der Waals surface area contributed by atoms with Gasteiger partial charge in [-0.3, -0.25) is 14.6 Å². The number of amides is 1. The topological polar surface area (TPSA) is 73.2 Å². The van der Waals surface area contributed by atoms with Crippen molar-refractivity contribution < 1.29 is 9.53 Å². The van der Waals surface area contributed by atoms with Gasteiger partial charge in [-0.2, -0.15) is 0 Å². The molecule has 0 radical (unpaired) electrons. The SMILES string of the molecule is COc1cccc(Cn2cc(C)cc(NC(=O)c3cccnc3)c2=O)c1. The summed E-state index contributed by atoms with van der Waals surface area (Å²) < 4.78 is 6.79. The number of carbonyl (C=O) groups excluding carboxylic acids is 1. The number of methoxy groups -OCH3 is 1. The average molecular weight is 349 g/mol. The highest BCUT2D eigenvalue weighted by molar-refractivity contribution is 6.03. The van der Waals surface area contributed by atoms with Gasteiger partial charge in [0, 0.05) is 18.6 Å². The minimum absolute atomic E-state index is 0.238. The molecular formula is C20H19N3O3. The molecule has 0 aliphatic carbocycles. The van der Waals surface area contributed by atoms with Gasteiger partial charge in [-0.25, -0.2) is 0 Å². The van der Waals surface area contributed by atoms with E-state index in [4.69, 9.17) is 4.74 Å². The van der Waals surface area contributed by atoms with Crippen molar-refractivity contribution in [2.75, 3.05) is 12.4 Å². The highest BCUT2D eigenvalue weighted by atomic mass is 16.5. The van der Waals surface area contributed by atoms with Crippen LogP contribution in [0.15, 0.2) is 65.8 Å². The van der Waals surface area contributed by atoms with Crippen LogP contribution in [0.25, 0.3) is 0 Å². The second kappa shape index (κ2) is 7.65. The summed E-state index contributed by atoms with van der Waals surface area (Å²) in [6.07, 6.45) is 4.81. The van der Waals surface area contributed by atoms with Crippen LogP contribution in [-0.2, 0) is 6.54 Å². The Morgan fingerprint density at radius 1 is 1.23 bits per heavy atom. The number of carbonyl (C=O) groups is 1. The fourth-order valence-corrected chi connectivity index (χ4v) is 2.65. The molecule has 2 heterocycles. The van der Waals surface area contributed by atoms with Crippen LogP contribution in [0.5, 0.6) is 5.75 Å². The molecule has 0 fully saturated rings. The second-order valence-electron chi connectivity index (χ2n) is 5.91. The van der Waals surface area contributed by atoms with Gasteiger partial charge >= 0.3 is 0 Å². The van der Waals surface area contributed by atoms with Crippen molar-refractivity contribution in [1.29, 1.82) is 0 Å². The Balaban J connectivity index is 1.89. The summed E-state index contributed by atoms with van der Waals surface area (Å²) in [5.41, 5.74) is 2.17. The minimum Gasteiger partial charge on any atom is -0.497 e. The van der Waals surface area contributed by atoms with E-state index in [1.807, 2.05) is 31.2 Å². The summed E-state index contributed by atoms with van der Waals surface area (Å²) in [6.45, 7) is 2.26. The zero-order valence-corrected chi connectivity index (χ0v) is 14.6. The van der Waals surface area contributed by atoms with Crippen molar-refractivity contribution in [3.05, 3.63) is 88.1 Å². The lowest BCUT2D eigenvalue weighted by Crippen LogP contribution is -2.26. The molecule has 0 spiro atoms. The molecule has 0 unspecified atom stereocenters. The zero-order valence-electron chi connectivity index (χ0n) is 14.6. The van der Waals surface area contributed by atoms with Gasteiger partial charge in [-0.05, 0) is 48.4 Å². The molecule has 6 nitrogen and oxygen atoms in total. The van der Waals surface area contributed by atoms with E-state index in [9.17, 15) is 9.59 Å². The third kappa shape index (κ3) is 3.97. The quantitative estimate of drug-likeness (QED) is 0.769. The van der Waals surface area contributed by atoms with Gasteiger partial charge in [0.15, 0.2) is 0 Å². The molecule has 0 saturated heterocycles. The first-order valence-corrected chi connectivity index (χ1v) is 8.12. The number of pyridine rings is 2. The van der Waals surface area contributed by atoms with Crippen LogP contribution in [-0.4, -0.2) is 22.6 Å². The molecule has 2 aromatic heterocycles. The van der Waals surface area contributed by atoms with Crippen LogP contribution in [0.2, 0.25) is 0 Å². The predicted octanol–water partition coefficient (Wildman–Crippen LogP) is 2.86. The van der Waals surface area contributed by atoms with Crippen LogP contribution in [0.1, 0.15) is 21.5 Å². The third-order valence-electron chi connectivity index (χ3n) is 3.88. The highest BCUT2D eigenvalue weighted by Gasteiger charge is 2.11. The van der Waals surface area contributed by atoms with Gasteiger partial charge in [0.25, 0.3) is 11.5 Å². The Kier molecular flexibility index (Phi) is 5.12. The minimum atomic E-state index is -0.367. The number of hydrogen-bond donors (Lipinski definition) is 1. The van der Waals surface area contributed by atoms with Crippen LogP contribution < -0.4 is 15.6 Å². The fourth-order valence-electron chi connectivity index (χ4n) is 2.65. The van der Waals surface area contributed by atoms with Gasteiger partial charge in [-0.1, -0.05) is 12.1 Å². The summed E-state index contributed by atoms with van der Waals surface area (Å²) in [5, 5.41) is 2.68. The maximum absolute atomic E-state index is 12.7. The van der Waals surface area contributed by atoms with E-state index >= 15 is 0 Å². The van der Waals surface area contributed by atoms with Gasteiger partial charge in [0.2, 0.25) is 0 Å². The molecule has 1 aromatic carbocycles. The highest BCUT2D eigenvalue weighted by Crippen LogP contribution is 2.14. The van der Waals surface area contributed by atoms with E-state index in [0.717, 1.165) is 16.9 Å². The monoisotopic (exact) mass is 349 g/mol. The third-order valence-corrected chi connectivity index (χ3v) is 3.88. The summed E-state index contributed by atoms with van der Waals surface area (Å²) >= 11 is 0. The van der Waals surface area contributed by atoms with E-state index in [2.05, 4.69) is 10.3 Å². The Bertz CT molecular complexity index is 981. The molecule has 0 aliphatic heterocycles. The van der Waals surface area contributed by atoms with Crippen molar-refractivity contribution in [3.8, 4) is 5.75 Å². The molecule has 3 rings (SSSR count). The molecule has 1 amide bonds. The lowest BCUT2D eigenvalue weighted by atomic mass is 10.2. The summed E-state index contributed by atoms with van der Waals surface area (Å²) in [7, 11) is 1.60. The maximum atomic E-state index is 12.7. The molecule has 0 saturated carbocycles. The molecule has 0 atom stereocenters. The number of rotatable bonds is 5. The maximum Gasteiger partial charge on any atom is 0.274 e. The molecule has 0 bridgehead atoms. The molecule has 1 N–H and O–H groups in total. The van der Waals surface area contributed by atoms with Crippen molar-refractivity contribution >= 4 is 11.6 Å². The first-order chi connectivity index (χ1) is 12.6. The largest absolute Gasteiger partial charge is 0.497 e. The van der Waals surface area contributed by atoms with Gasteiger partial charge in [0.05, 0.1) is 19.2 Å². The number of anilines is 1. The van der Waals surface area contributed by atoms with E-state index in [1.54, 1.807) is 42.3 Å². The number of nitrogens with one attached hydrogen (secondary N) is 1. The molecule has 6 heteroatoms. The summed E-state index contributed by atoms with van der Waals surface area (Å²) in [4.78, 5) is 29.0. The van der Waals surface area contributed by atoms with Crippen LogP contribution in [0, 0.1) is 6.92 Å². The lowest BCUT2D eigenvalue weighted by Gasteiger charge is -2.12. The van der Waals surface area contributed by atoms with Crippen LogP contribution in [0.3, 0.4) is 0 Å². The van der Waals surface area contributed by atoms with Crippen molar-refractivity contribution in [2.45, 2.75) is 13.5 Å². The molecule has 26 heavy (non-hydrogen) atoms. The summed E-state index contributed by atoms with van der Waals surface area (Å²) in [5.74, 6) is 0.363. The van der Waals surface area contributed by atoms with E-state index < -0.39 is 0 Å². The van der Waals surface area contributed by atoms with Gasteiger partial charge in [-0.15, -0.1) is 0 Å². The Hall–Kier alpha value is -3.41. The Morgan fingerprint density at radius 2 is 2.08 bits per heavy atom. The normalized spacial score (nSPS) is 10.4. The Labute approximate surface area is 151 Å². The van der Waals surface area contributed by atoms with E-state index in [0.29, 0.717) is 12.1 Å². The Morgan fingerprint density at radius 3 is 2.81 bits per heavy atom. The molecule has 132 valence electrons. The van der Waals surface area contributed by atoms with Crippen LogP contribution in [0.4, 0.5) is 5.69 Å². The average Bonchev–Trinajstić information content (AvgIpc) is 2.66. The second-order valence-corrected chi connectivity index (χ2v) is 5.91. The van der Waals surface area contributed by atoms with E-state index in [-0.39, 0.29) is 17.2 Å². The van der Waals surface area contributed by atoms with Gasteiger partial charge in [0.1, 0.15) is 11.4 Å². The number of nitrogens with zero attached hydrogens (tertiary/aromatic N) is 2. The van der Waals surface area contributed by atoms with Gasteiger partial charge < -0.3 is 14.6 Å². The molecule has 0 aliphatic rings. The number of benzene rings is 1. The smallest absolute Gasteiger partial charge is 0.274 e. The predicted molar refractivity (Wildman–Crippen MR) is 99.7 cm³/mol. The summed E-state index contributed by atoms with van der Waals surface area (Å²) in [6, 6.07) is 12.5. The lowest BCUT2D eigenvalue weighted by molar-refractivity contribution is 0.102. The zero-order chi connectivity index (χ0) is 18.5.